The van der Waals surface area contributed by atoms with Gasteiger partial charge in [-0.15, -0.1) is 0 Å². The summed E-state index contributed by atoms with van der Waals surface area (Å²) in [4.78, 5) is 43.2. The molecule has 1 heterocycles. The largest absolute Gasteiger partial charge is 0.493 e. The standard InChI is InChI=1S/C33H41N3O9/c1-18(2)33(39)45-30-25(42-7)14-15-34-29(30)32(38)36-20(4)31(37)35-19(3)28(21-10-12-23(40-5)26(16-21)43-8)22-11-13-24(41-6)27(17-22)44-9/h10-20,28H,1-9H3,(H,35,37)(H,36,38)/t19-,20-/m0/s1. The van der Waals surface area contributed by atoms with Crippen LogP contribution in [0.5, 0.6) is 34.5 Å². The first kappa shape index (κ1) is 34.5. The quantitative estimate of drug-likeness (QED) is 0.252. The number of nitrogens with one attached hydrogen (secondary N) is 2. The molecule has 12 heteroatoms. The van der Waals surface area contributed by atoms with Crippen LogP contribution in [0.3, 0.4) is 0 Å². The topological polar surface area (TPSA) is 144 Å². The Hall–Kier alpha value is -5.00. The number of aromatic nitrogens is 1. The SMILES string of the molecule is COc1ccc(C(c2ccc(OC)c(OC)c2)[C@H](C)NC(=O)[C@H](C)NC(=O)c2nccc(OC)c2OC(=O)C(C)C)cc1OC. The van der Waals surface area contributed by atoms with Crippen molar-refractivity contribution in [1.82, 2.24) is 15.6 Å². The lowest BCUT2D eigenvalue weighted by Gasteiger charge is -2.28. The smallest absolute Gasteiger partial charge is 0.313 e. The highest BCUT2D eigenvalue weighted by Gasteiger charge is 2.29. The molecule has 0 unspecified atom stereocenters. The van der Waals surface area contributed by atoms with Crippen molar-refractivity contribution in [2.45, 2.75) is 45.7 Å². The second-order valence-corrected chi connectivity index (χ2v) is 10.5. The molecule has 0 fully saturated rings. The maximum absolute atomic E-state index is 13.5. The van der Waals surface area contributed by atoms with Gasteiger partial charge in [0.15, 0.2) is 34.4 Å². The molecule has 0 spiro atoms. The zero-order valence-corrected chi connectivity index (χ0v) is 27.0. The lowest BCUT2D eigenvalue weighted by atomic mass is 9.85. The number of pyridine rings is 1. The minimum atomic E-state index is -0.988. The van der Waals surface area contributed by atoms with Gasteiger partial charge in [-0.3, -0.25) is 14.4 Å². The Kier molecular flexibility index (Phi) is 12.0. The van der Waals surface area contributed by atoms with E-state index >= 15 is 0 Å². The van der Waals surface area contributed by atoms with Crippen LogP contribution in [0.25, 0.3) is 0 Å². The Morgan fingerprint density at radius 3 is 1.64 bits per heavy atom. The van der Waals surface area contributed by atoms with E-state index in [2.05, 4.69) is 15.6 Å². The van der Waals surface area contributed by atoms with E-state index in [-0.39, 0.29) is 23.1 Å². The number of esters is 1. The molecule has 0 aliphatic carbocycles. The highest BCUT2D eigenvalue weighted by Crippen LogP contribution is 2.38. The van der Waals surface area contributed by atoms with Gasteiger partial charge in [0.25, 0.3) is 5.91 Å². The molecular weight excluding hydrogens is 582 g/mol. The molecule has 3 aromatic rings. The number of ether oxygens (including phenoxy) is 6. The van der Waals surface area contributed by atoms with E-state index in [0.717, 1.165) is 11.1 Å². The van der Waals surface area contributed by atoms with Crippen molar-refractivity contribution in [3.63, 3.8) is 0 Å². The van der Waals surface area contributed by atoms with E-state index in [0.29, 0.717) is 23.0 Å². The second kappa shape index (κ2) is 15.6. The zero-order chi connectivity index (χ0) is 33.3. The number of benzene rings is 2. The van der Waals surface area contributed by atoms with Crippen molar-refractivity contribution in [2.24, 2.45) is 5.92 Å². The van der Waals surface area contributed by atoms with E-state index in [1.54, 1.807) is 61.3 Å². The van der Waals surface area contributed by atoms with Gasteiger partial charge in [-0.05, 0) is 49.2 Å². The van der Waals surface area contributed by atoms with Crippen LogP contribution in [0, 0.1) is 5.92 Å². The third kappa shape index (κ3) is 8.14. The van der Waals surface area contributed by atoms with Crippen LogP contribution in [-0.4, -0.2) is 70.4 Å². The summed E-state index contributed by atoms with van der Waals surface area (Å²) in [5, 5.41) is 5.67. The third-order valence-corrected chi connectivity index (χ3v) is 7.12. The first-order valence-electron chi connectivity index (χ1n) is 14.3. The number of amides is 2. The van der Waals surface area contributed by atoms with Gasteiger partial charge in [0.05, 0.1) is 41.5 Å². The monoisotopic (exact) mass is 623 g/mol. The van der Waals surface area contributed by atoms with Gasteiger partial charge < -0.3 is 39.1 Å². The van der Waals surface area contributed by atoms with E-state index in [1.807, 2.05) is 31.2 Å². The van der Waals surface area contributed by atoms with Crippen molar-refractivity contribution in [2.75, 3.05) is 35.5 Å². The molecule has 12 nitrogen and oxygen atoms in total. The van der Waals surface area contributed by atoms with E-state index < -0.39 is 35.8 Å². The van der Waals surface area contributed by atoms with Crippen molar-refractivity contribution in [3.05, 3.63) is 65.5 Å². The Bertz CT molecular complexity index is 1450. The fourth-order valence-corrected chi connectivity index (χ4v) is 4.70. The molecule has 242 valence electrons. The fraction of sp³-hybridized carbons (Fsp3) is 0.394. The summed E-state index contributed by atoms with van der Waals surface area (Å²) in [5.74, 6) is -0.362. The number of hydrogen-bond acceptors (Lipinski definition) is 10. The first-order chi connectivity index (χ1) is 21.5. The minimum absolute atomic E-state index is 0.126. The molecule has 0 saturated heterocycles. The van der Waals surface area contributed by atoms with E-state index in [1.165, 1.54) is 19.4 Å². The molecule has 45 heavy (non-hydrogen) atoms. The average molecular weight is 624 g/mol. The molecule has 3 rings (SSSR count). The minimum Gasteiger partial charge on any atom is -0.493 e. The number of carbonyl (C=O) groups excluding carboxylic acids is 3. The van der Waals surface area contributed by atoms with Crippen molar-refractivity contribution >= 4 is 17.8 Å². The highest BCUT2D eigenvalue weighted by molar-refractivity contribution is 5.99. The van der Waals surface area contributed by atoms with Crippen LogP contribution >= 0.6 is 0 Å². The van der Waals surface area contributed by atoms with Gasteiger partial charge in [-0.25, -0.2) is 4.98 Å². The normalized spacial score (nSPS) is 12.2. The van der Waals surface area contributed by atoms with Gasteiger partial charge in [0.2, 0.25) is 11.7 Å². The van der Waals surface area contributed by atoms with Crippen LogP contribution in [-0.2, 0) is 9.59 Å². The van der Waals surface area contributed by atoms with Crippen molar-refractivity contribution in [1.29, 1.82) is 0 Å². The highest BCUT2D eigenvalue weighted by atomic mass is 16.6. The summed E-state index contributed by atoms with van der Waals surface area (Å²) >= 11 is 0. The summed E-state index contributed by atoms with van der Waals surface area (Å²) < 4.78 is 32.6. The zero-order valence-electron chi connectivity index (χ0n) is 27.0. The summed E-state index contributed by atoms with van der Waals surface area (Å²) in [5.41, 5.74) is 1.48. The molecule has 2 N–H and O–H groups in total. The molecule has 2 aromatic carbocycles. The summed E-state index contributed by atoms with van der Waals surface area (Å²) in [6, 6.07) is 11.1. The summed E-state index contributed by atoms with van der Waals surface area (Å²) in [6.07, 6.45) is 1.35. The summed E-state index contributed by atoms with van der Waals surface area (Å²) in [6.45, 7) is 6.73. The molecule has 1 aromatic heterocycles. The van der Waals surface area contributed by atoms with Crippen molar-refractivity contribution < 1.29 is 42.8 Å². The number of nitrogens with zero attached hydrogens (tertiary/aromatic N) is 1. The second-order valence-electron chi connectivity index (χ2n) is 10.5. The van der Waals surface area contributed by atoms with Gasteiger partial charge >= 0.3 is 5.97 Å². The van der Waals surface area contributed by atoms with Crippen LogP contribution in [0.4, 0.5) is 0 Å². The average Bonchev–Trinajstić information content (AvgIpc) is 3.04. The van der Waals surface area contributed by atoms with Crippen LogP contribution in [0.1, 0.15) is 55.2 Å². The first-order valence-corrected chi connectivity index (χ1v) is 14.3. The molecular formula is C33H41N3O9. The van der Waals surface area contributed by atoms with Gasteiger partial charge in [0.1, 0.15) is 6.04 Å². The number of hydrogen-bond donors (Lipinski definition) is 2. The molecule has 2 atom stereocenters. The molecule has 0 aliphatic rings. The molecule has 2 amide bonds. The molecule has 0 bridgehead atoms. The third-order valence-electron chi connectivity index (χ3n) is 7.12. The van der Waals surface area contributed by atoms with Gasteiger partial charge in [0, 0.05) is 24.2 Å². The van der Waals surface area contributed by atoms with Gasteiger partial charge in [-0.2, -0.15) is 0 Å². The van der Waals surface area contributed by atoms with E-state index in [9.17, 15) is 14.4 Å². The maximum atomic E-state index is 13.5. The molecule has 0 aliphatic heterocycles. The Balaban J connectivity index is 1.90. The predicted molar refractivity (Wildman–Crippen MR) is 167 cm³/mol. The maximum Gasteiger partial charge on any atom is 0.313 e. The van der Waals surface area contributed by atoms with Crippen LogP contribution < -0.4 is 39.1 Å². The fourth-order valence-electron chi connectivity index (χ4n) is 4.70. The summed E-state index contributed by atoms with van der Waals surface area (Å²) in [7, 11) is 7.60. The predicted octanol–water partition coefficient (Wildman–Crippen LogP) is 4.14. The van der Waals surface area contributed by atoms with Gasteiger partial charge in [-0.1, -0.05) is 26.0 Å². The van der Waals surface area contributed by atoms with Crippen molar-refractivity contribution in [3.8, 4) is 34.5 Å². The Morgan fingerprint density at radius 1 is 0.667 bits per heavy atom. The lowest BCUT2D eigenvalue weighted by molar-refractivity contribution is -0.137. The lowest BCUT2D eigenvalue weighted by Crippen LogP contribution is -2.49. The number of methoxy groups -OCH3 is 5. The molecule has 0 saturated carbocycles. The van der Waals surface area contributed by atoms with E-state index in [4.69, 9.17) is 28.4 Å². The number of carbonyl (C=O) groups is 3. The number of rotatable bonds is 14. The Morgan fingerprint density at radius 2 is 1.18 bits per heavy atom. The van der Waals surface area contributed by atoms with Crippen LogP contribution in [0.2, 0.25) is 0 Å². The Labute approximate surface area is 263 Å². The molecule has 0 radical (unpaired) electrons. The van der Waals surface area contributed by atoms with Crippen LogP contribution in [0.15, 0.2) is 48.7 Å².